The number of hydrogen-bond donors (Lipinski definition) is 1. The average molecular weight is 430 g/mol. The number of hydrogen-bond acceptors (Lipinski definition) is 5. The Labute approximate surface area is 184 Å². The second kappa shape index (κ2) is 9.47. The van der Waals surface area contributed by atoms with Crippen LogP contribution in [-0.2, 0) is 9.53 Å². The molecule has 1 N–H and O–H groups in total. The number of carbonyl (C=O) groups excluding carboxylic acids is 2. The van der Waals surface area contributed by atoms with E-state index in [2.05, 4.69) is 23.2 Å². The smallest absolute Gasteiger partial charge is 0.409 e. The van der Waals surface area contributed by atoms with Gasteiger partial charge in [0.2, 0.25) is 5.91 Å². The normalized spacial score (nSPS) is 24.3. The lowest BCUT2D eigenvalue weighted by molar-refractivity contribution is -0.124. The van der Waals surface area contributed by atoms with Crippen LogP contribution in [-0.4, -0.2) is 67.2 Å². The van der Waals surface area contributed by atoms with Crippen LogP contribution in [0.5, 0.6) is 0 Å². The monoisotopic (exact) mass is 429 g/mol. The van der Waals surface area contributed by atoms with Crippen LogP contribution in [0.3, 0.4) is 0 Å². The molecule has 3 aliphatic rings. The van der Waals surface area contributed by atoms with E-state index < -0.39 is 0 Å². The van der Waals surface area contributed by atoms with Crippen molar-refractivity contribution < 1.29 is 18.7 Å². The fraction of sp³-hybridized carbons (Fsp3) is 0.667. The first kappa shape index (κ1) is 21.9. The van der Waals surface area contributed by atoms with Gasteiger partial charge < -0.3 is 19.4 Å². The van der Waals surface area contributed by atoms with Gasteiger partial charge in [-0.25, -0.2) is 4.79 Å². The lowest BCUT2D eigenvalue weighted by Gasteiger charge is -2.34. The van der Waals surface area contributed by atoms with Gasteiger partial charge >= 0.3 is 6.09 Å². The van der Waals surface area contributed by atoms with E-state index in [1.165, 1.54) is 5.57 Å². The second-order valence-corrected chi connectivity index (χ2v) is 9.37. The fourth-order valence-corrected chi connectivity index (χ4v) is 5.16. The number of nitrogens with one attached hydrogen (secondary N) is 1. The van der Waals surface area contributed by atoms with E-state index >= 15 is 0 Å². The Hall–Kier alpha value is -2.28. The maximum Gasteiger partial charge on any atom is 0.409 e. The van der Waals surface area contributed by atoms with Crippen LogP contribution in [0.25, 0.3) is 6.08 Å². The van der Waals surface area contributed by atoms with Crippen molar-refractivity contribution in [3.63, 3.8) is 0 Å². The maximum atomic E-state index is 12.9. The highest BCUT2D eigenvalue weighted by molar-refractivity contribution is 5.83. The molecule has 0 bridgehead atoms. The molecule has 3 heterocycles. The molecule has 170 valence electrons. The van der Waals surface area contributed by atoms with E-state index in [1.807, 2.05) is 19.1 Å². The molecular weight excluding hydrogens is 394 g/mol. The highest BCUT2D eigenvalue weighted by atomic mass is 16.6. The number of carbonyl (C=O) groups is 2. The third-order valence-corrected chi connectivity index (χ3v) is 7.13. The Bertz CT molecular complexity index is 788. The summed E-state index contributed by atoms with van der Waals surface area (Å²) in [6, 6.07) is 4.06. The van der Waals surface area contributed by atoms with Crippen LogP contribution >= 0.6 is 0 Å². The molecule has 3 fully saturated rings. The zero-order valence-corrected chi connectivity index (χ0v) is 18.8. The van der Waals surface area contributed by atoms with Gasteiger partial charge in [0.1, 0.15) is 5.76 Å². The minimum atomic E-state index is -0.241. The SMILES string of the molecule is CCOC(=O)N1CCC(NC(=O)C2CC23CCN(C/C(C)=C/c2ccco2)CC3)CC1. The van der Waals surface area contributed by atoms with Crippen molar-refractivity contribution in [2.75, 3.05) is 39.3 Å². The Kier molecular flexibility index (Phi) is 6.70. The minimum Gasteiger partial charge on any atom is -0.465 e. The number of likely N-dealkylation sites (tertiary alicyclic amines) is 2. The summed E-state index contributed by atoms with van der Waals surface area (Å²) in [7, 11) is 0. The lowest BCUT2D eigenvalue weighted by Crippen LogP contribution is -2.47. The summed E-state index contributed by atoms with van der Waals surface area (Å²) in [6.45, 7) is 8.71. The van der Waals surface area contributed by atoms with Gasteiger partial charge in [0.25, 0.3) is 0 Å². The summed E-state index contributed by atoms with van der Waals surface area (Å²) in [4.78, 5) is 28.9. The average Bonchev–Trinajstić information content (AvgIpc) is 3.21. The van der Waals surface area contributed by atoms with Crippen molar-refractivity contribution >= 4 is 18.1 Å². The van der Waals surface area contributed by atoms with Crippen molar-refractivity contribution in [2.24, 2.45) is 11.3 Å². The first-order valence-corrected chi connectivity index (χ1v) is 11.6. The Balaban J connectivity index is 1.18. The molecule has 4 rings (SSSR count). The van der Waals surface area contributed by atoms with E-state index in [0.29, 0.717) is 19.7 Å². The molecule has 7 nitrogen and oxygen atoms in total. The van der Waals surface area contributed by atoms with Gasteiger partial charge in [-0.3, -0.25) is 9.69 Å². The first-order chi connectivity index (χ1) is 15.0. The van der Waals surface area contributed by atoms with Gasteiger partial charge in [-0.05, 0) is 82.7 Å². The highest BCUT2D eigenvalue weighted by Gasteiger charge is 2.58. The molecule has 0 aromatic carbocycles. The fourth-order valence-electron chi connectivity index (χ4n) is 5.16. The van der Waals surface area contributed by atoms with Gasteiger partial charge in [0.05, 0.1) is 12.9 Å². The van der Waals surface area contributed by atoms with Crippen LogP contribution in [0.2, 0.25) is 0 Å². The second-order valence-electron chi connectivity index (χ2n) is 9.37. The van der Waals surface area contributed by atoms with E-state index in [9.17, 15) is 9.59 Å². The third-order valence-electron chi connectivity index (χ3n) is 7.13. The Morgan fingerprint density at radius 1 is 1.26 bits per heavy atom. The van der Waals surface area contributed by atoms with Crippen molar-refractivity contribution in [3.05, 3.63) is 29.7 Å². The van der Waals surface area contributed by atoms with Crippen LogP contribution in [0.4, 0.5) is 4.79 Å². The molecule has 7 heteroatoms. The maximum absolute atomic E-state index is 12.9. The summed E-state index contributed by atoms with van der Waals surface area (Å²) in [5, 5.41) is 3.26. The molecule has 0 radical (unpaired) electrons. The molecule has 1 aromatic rings. The number of furan rings is 1. The molecule has 1 aromatic heterocycles. The topological polar surface area (TPSA) is 75.0 Å². The molecular formula is C24H35N3O4. The van der Waals surface area contributed by atoms with Crippen LogP contribution in [0, 0.1) is 11.3 Å². The van der Waals surface area contributed by atoms with Crippen LogP contribution in [0.15, 0.2) is 28.4 Å². The Morgan fingerprint density at radius 3 is 2.65 bits per heavy atom. The van der Waals surface area contributed by atoms with Crippen LogP contribution in [0.1, 0.15) is 51.7 Å². The number of rotatable bonds is 6. The number of nitrogens with zero attached hydrogens (tertiary/aromatic N) is 2. The molecule has 2 amide bonds. The van der Waals surface area contributed by atoms with Crippen molar-refractivity contribution in [2.45, 2.75) is 52.0 Å². The van der Waals surface area contributed by atoms with Crippen molar-refractivity contribution in [3.8, 4) is 0 Å². The molecule has 1 atom stereocenters. The summed E-state index contributed by atoms with van der Waals surface area (Å²) < 4.78 is 10.5. The third kappa shape index (κ3) is 5.32. The zero-order valence-electron chi connectivity index (χ0n) is 18.8. The molecule has 1 saturated carbocycles. The lowest BCUT2D eigenvalue weighted by atomic mass is 9.90. The quantitative estimate of drug-likeness (QED) is 0.749. The predicted molar refractivity (Wildman–Crippen MR) is 118 cm³/mol. The van der Waals surface area contributed by atoms with E-state index in [-0.39, 0.29) is 29.4 Å². The summed E-state index contributed by atoms with van der Waals surface area (Å²) in [6.07, 6.45) is 8.39. The summed E-state index contributed by atoms with van der Waals surface area (Å²) in [5.74, 6) is 1.28. The molecule has 1 aliphatic carbocycles. The number of amides is 2. The largest absolute Gasteiger partial charge is 0.465 e. The van der Waals surface area contributed by atoms with Crippen molar-refractivity contribution in [1.82, 2.24) is 15.1 Å². The molecule has 2 aliphatic heterocycles. The van der Waals surface area contributed by atoms with E-state index in [0.717, 1.165) is 57.5 Å². The van der Waals surface area contributed by atoms with Crippen LogP contribution < -0.4 is 5.32 Å². The molecule has 31 heavy (non-hydrogen) atoms. The van der Waals surface area contributed by atoms with Gasteiger partial charge in [0.15, 0.2) is 0 Å². The van der Waals surface area contributed by atoms with Gasteiger partial charge in [-0.2, -0.15) is 0 Å². The first-order valence-electron chi connectivity index (χ1n) is 11.6. The zero-order chi connectivity index (χ0) is 21.8. The van der Waals surface area contributed by atoms with Gasteiger partial charge in [-0.15, -0.1) is 0 Å². The summed E-state index contributed by atoms with van der Waals surface area (Å²) in [5.41, 5.74) is 1.51. The number of ether oxygens (including phenoxy) is 1. The highest BCUT2D eigenvalue weighted by Crippen LogP contribution is 2.59. The Morgan fingerprint density at radius 2 is 2.00 bits per heavy atom. The van der Waals surface area contributed by atoms with Crippen molar-refractivity contribution in [1.29, 1.82) is 0 Å². The predicted octanol–water partition coefficient (Wildman–Crippen LogP) is 3.52. The van der Waals surface area contributed by atoms with E-state index in [1.54, 1.807) is 11.2 Å². The number of piperidine rings is 2. The van der Waals surface area contributed by atoms with Gasteiger partial charge in [0, 0.05) is 31.6 Å². The van der Waals surface area contributed by atoms with Gasteiger partial charge in [-0.1, -0.05) is 5.57 Å². The molecule has 2 saturated heterocycles. The molecule has 1 unspecified atom stereocenters. The molecule has 1 spiro atoms. The summed E-state index contributed by atoms with van der Waals surface area (Å²) >= 11 is 0. The standard InChI is InChI=1S/C24H35N3O4/c1-3-30-23(29)27-10-6-19(7-11-27)25-22(28)21-16-24(21)8-12-26(13-9-24)17-18(2)15-20-5-4-14-31-20/h4-5,14-15,19,21H,3,6-13,16-17H2,1-2H3,(H,25,28)/b18-15+. The minimum absolute atomic E-state index is 0.164. The van der Waals surface area contributed by atoms with E-state index in [4.69, 9.17) is 9.15 Å².